The third kappa shape index (κ3) is 3.08. The number of nitrogens with one attached hydrogen (secondary N) is 1. The fourth-order valence-electron chi connectivity index (χ4n) is 1.41. The Kier molecular flexibility index (Phi) is 3.49. The molecule has 1 heterocycles. The lowest BCUT2D eigenvalue weighted by Gasteiger charge is -2.23. The first-order valence-corrected chi connectivity index (χ1v) is 6.11. The summed E-state index contributed by atoms with van der Waals surface area (Å²) in [5, 5.41) is 8.57. The lowest BCUT2D eigenvalue weighted by atomic mass is 10.4. The molecule has 0 saturated carbocycles. The summed E-state index contributed by atoms with van der Waals surface area (Å²) in [6, 6.07) is 0. The maximum Gasteiger partial charge on any atom is 0.161 e. The highest BCUT2D eigenvalue weighted by Crippen LogP contribution is 1.89. The minimum Gasteiger partial charge on any atom is -0.396 e. The van der Waals surface area contributed by atoms with Crippen LogP contribution in [0.2, 0.25) is 0 Å². The molecule has 0 amide bonds. The summed E-state index contributed by atoms with van der Waals surface area (Å²) in [5.74, 6) is 0.627. The molecule has 0 radical (unpaired) electrons. The van der Waals surface area contributed by atoms with E-state index in [1.807, 2.05) is 0 Å². The Morgan fingerprint density at radius 3 is 2.33 bits per heavy atom. The number of hydrogen-bond acceptors (Lipinski definition) is 3. The number of aliphatic hydroxyl groups is 1. The number of aliphatic hydroxyl groups excluding tert-OH is 1. The number of sulfone groups is 1. The van der Waals surface area contributed by atoms with Gasteiger partial charge in [-0.3, -0.25) is 0 Å². The molecule has 0 aliphatic carbocycles. The van der Waals surface area contributed by atoms with E-state index in [0.29, 0.717) is 24.6 Å². The van der Waals surface area contributed by atoms with E-state index in [1.54, 1.807) is 0 Å². The molecule has 5 heteroatoms. The number of rotatable bonds is 3. The van der Waals surface area contributed by atoms with E-state index in [0.717, 1.165) is 13.0 Å². The highest BCUT2D eigenvalue weighted by Gasteiger charge is 2.23. The Balaban J connectivity index is 2.27. The van der Waals surface area contributed by atoms with Gasteiger partial charge in [0, 0.05) is 13.0 Å². The van der Waals surface area contributed by atoms with Gasteiger partial charge < -0.3 is 10.0 Å². The van der Waals surface area contributed by atoms with Crippen LogP contribution in [0.5, 0.6) is 0 Å². The number of hydrogen-bond donors (Lipinski definition) is 2. The van der Waals surface area contributed by atoms with Gasteiger partial charge in [0.15, 0.2) is 9.84 Å². The largest absolute Gasteiger partial charge is 0.396 e. The Hall–Kier alpha value is -0.130. The van der Waals surface area contributed by atoms with Crippen LogP contribution >= 0.6 is 0 Å². The summed E-state index contributed by atoms with van der Waals surface area (Å²) in [6.07, 6.45) is 0.773. The predicted molar refractivity (Wildman–Crippen MR) is 45.9 cm³/mol. The Morgan fingerprint density at radius 2 is 1.83 bits per heavy atom. The zero-order valence-corrected chi connectivity index (χ0v) is 7.94. The van der Waals surface area contributed by atoms with Crippen LogP contribution in [0.25, 0.3) is 0 Å². The first-order chi connectivity index (χ1) is 5.64. The van der Waals surface area contributed by atoms with Gasteiger partial charge in [0.05, 0.1) is 31.1 Å². The Bertz CT molecular complexity index is 211. The minimum atomic E-state index is -2.72. The Labute approximate surface area is 73.1 Å². The van der Waals surface area contributed by atoms with Crippen molar-refractivity contribution in [2.45, 2.75) is 6.42 Å². The van der Waals surface area contributed by atoms with Gasteiger partial charge in [-0.2, -0.15) is 0 Å². The molecule has 1 fully saturated rings. The molecule has 0 bridgehead atoms. The third-order valence-electron chi connectivity index (χ3n) is 2.22. The van der Waals surface area contributed by atoms with Crippen LogP contribution in [0, 0.1) is 0 Å². The molecule has 4 nitrogen and oxygen atoms in total. The van der Waals surface area contributed by atoms with E-state index in [-0.39, 0.29) is 6.61 Å². The zero-order chi connectivity index (χ0) is 9.03. The van der Waals surface area contributed by atoms with Crippen molar-refractivity contribution in [1.29, 1.82) is 0 Å². The maximum atomic E-state index is 11.0. The van der Waals surface area contributed by atoms with Crippen molar-refractivity contribution >= 4 is 9.84 Å². The van der Waals surface area contributed by atoms with Crippen molar-refractivity contribution in [3.05, 3.63) is 0 Å². The van der Waals surface area contributed by atoms with Crippen molar-refractivity contribution in [2.75, 3.05) is 37.7 Å². The van der Waals surface area contributed by atoms with Crippen LogP contribution in [-0.2, 0) is 9.84 Å². The molecule has 0 atom stereocenters. The quantitative estimate of drug-likeness (QED) is 0.530. The van der Waals surface area contributed by atoms with Crippen molar-refractivity contribution in [1.82, 2.24) is 0 Å². The van der Waals surface area contributed by atoms with E-state index >= 15 is 0 Å². The van der Waals surface area contributed by atoms with E-state index in [4.69, 9.17) is 5.11 Å². The van der Waals surface area contributed by atoms with E-state index in [2.05, 4.69) is 0 Å². The topological polar surface area (TPSA) is 58.8 Å². The van der Waals surface area contributed by atoms with Gasteiger partial charge in [0.2, 0.25) is 0 Å². The number of quaternary nitrogens is 1. The fourth-order valence-corrected chi connectivity index (χ4v) is 2.81. The molecule has 12 heavy (non-hydrogen) atoms. The molecule has 1 rings (SSSR count). The van der Waals surface area contributed by atoms with Gasteiger partial charge >= 0.3 is 0 Å². The minimum absolute atomic E-state index is 0.205. The maximum absolute atomic E-state index is 11.0. The highest BCUT2D eigenvalue weighted by molar-refractivity contribution is 7.91. The molecule has 2 N–H and O–H groups in total. The second-order valence-electron chi connectivity index (χ2n) is 3.23. The fraction of sp³-hybridized carbons (Fsp3) is 1.00. The third-order valence-corrected chi connectivity index (χ3v) is 3.87. The highest BCUT2D eigenvalue weighted by atomic mass is 32.2. The molecule has 1 aliphatic heterocycles. The van der Waals surface area contributed by atoms with E-state index in [9.17, 15) is 8.42 Å². The molecule has 0 aromatic heterocycles. The van der Waals surface area contributed by atoms with E-state index in [1.165, 1.54) is 4.90 Å². The smallest absolute Gasteiger partial charge is 0.161 e. The lowest BCUT2D eigenvalue weighted by molar-refractivity contribution is -0.896. The summed E-state index contributed by atoms with van der Waals surface area (Å²) in [7, 11) is -2.72. The van der Waals surface area contributed by atoms with Crippen LogP contribution < -0.4 is 4.90 Å². The van der Waals surface area contributed by atoms with Crippen molar-refractivity contribution in [3.8, 4) is 0 Å². The van der Waals surface area contributed by atoms with Gasteiger partial charge in [-0.1, -0.05) is 0 Å². The molecule has 0 aromatic carbocycles. The summed E-state index contributed by atoms with van der Waals surface area (Å²) in [6.45, 7) is 2.52. The molecular formula is C7H16NO3S+. The molecule has 1 saturated heterocycles. The molecule has 72 valence electrons. The Morgan fingerprint density at radius 1 is 1.25 bits per heavy atom. The first-order valence-electron chi connectivity index (χ1n) is 4.29. The van der Waals surface area contributed by atoms with Gasteiger partial charge in [0.25, 0.3) is 0 Å². The van der Waals surface area contributed by atoms with Crippen molar-refractivity contribution in [3.63, 3.8) is 0 Å². The molecule has 0 spiro atoms. The zero-order valence-electron chi connectivity index (χ0n) is 7.12. The summed E-state index contributed by atoms with van der Waals surface area (Å²) in [4.78, 5) is 1.30. The lowest BCUT2D eigenvalue weighted by Crippen LogP contribution is -3.14. The monoisotopic (exact) mass is 194 g/mol. The van der Waals surface area contributed by atoms with Gasteiger partial charge in [-0.05, 0) is 0 Å². The average Bonchev–Trinajstić information content (AvgIpc) is 2.03. The standard InChI is InChI=1S/C7H15NO3S/c9-5-1-2-8-3-6-12(10,11)7-4-8/h9H,1-7H2/p+1. The van der Waals surface area contributed by atoms with Gasteiger partial charge in [-0.15, -0.1) is 0 Å². The van der Waals surface area contributed by atoms with Crippen LogP contribution in [0.4, 0.5) is 0 Å². The normalized spacial score (nSPS) is 24.1. The second-order valence-corrected chi connectivity index (χ2v) is 5.53. The summed E-state index contributed by atoms with van der Waals surface area (Å²) in [5.41, 5.74) is 0. The van der Waals surface area contributed by atoms with Crippen LogP contribution in [0.1, 0.15) is 6.42 Å². The van der Waals surface area contributed by atoms with E-state index < -0.39 is 9.84 Å². The van der Waals surface area contributed by atoms with Crippen LogP contribution in [0.15, 0.2) is 0 Å². The molecular weight excluding hydrogens is 178 g/mol. The molecule has 0 aromatic rings. The van der Waals surface area contributed by atoms with Gasteiger partial charge in [0.1, 0.15) is 0 Å². The second kappa shape index (κ2) is 4.20. The van der Waals surface area contributed by atoms with Crippen molar-refractivity contribution in [2.24, 2.45) is 0 Å². The van der Waals surface area contributed by atoms with Crippen LogP contribution in [-0.4, -0.2) is 51.3 Å². The predicted octanol–water partition coefficient (Wildman–Crippen LogP) is -2.32. The molecule has 1 aliphatic rings. The van der Waals surface area contributed by atoms with Crippen molar-refractivity contribution < 1.29 is 18.4 Å². The van der Waals surface area contributed by atoms with Gasteiger partial charge in [-0.25, -0.2) is 8.42 Å². The summed E-state index contributed by atoms with van der Waals surface area (Å²) >= 11 is 0. The molecule has 0 unspecified atom stereocenters. The summed E-state index contributed by atoms with van der Waals surface area (Å²) < 4.78 is 22.0. The first kappa shape index (κ1) is 9.95. The average molecular weight is 194 g/mol. The SMILES string of the molecule is O=S1(=O)CC[NH+](CCCO)CC1. The van der Waals surface area contributed by atoms with Crippen LogP contribution in [0.3, 0.4) is 0 Å².